The van der Waals surface area contributed by atoms with E-state index in [2.05, 4.69) is 19.1 Å². The molecule has 0 saturated carbocycles. The number of carboxylic acids is 1. The Morgan fingerprint density at radius 3 is 1.70 bits per heavy atom. The highest BCUT2D eigenvalue weighted by atomic mass is 16.4. The number of hydrogen-bond donors (Lipinski definition) is 3. The van der Waals surface area contributed by atoms with Crippen LogP contribution >= 0.6 is 0 Å². The lowest BCUT2D eigenvalue weighted by atomic mass is 10.1. The SMILES string of the molecule is CCC(O)CCO.CCCCCCCC/C=C\CCCCCCCC(=O)O. The van der Waals surface area contributed by atoms with Crippen molar-refractivity contribution in [2.45, 2.75) is 123 Å². The Kier molecular flexibility index (Phi) is 26.4. The Labute approximate surface area is 168 Å². The van der Waals surface area contributed by atoms with Crippen LogP contribution in [0.4, 0.5) is 0 Å². The molecule has 0 radical (unpaired) electrons. The van der Waals surface area contributed by atoms with Crippen LogP contribution in [0.15, 0.2) is 12.2 Å². The summed E-state index contributed by atoms with van der Waals surface area (Å²) in [6.07, 6.45) is 22.2. The molecule has 0 aliphatic heterocycles. The minimum atomic E-state index is -0.664. The summed E-state index contributed by atoms with van der Waals surface area (Å²) in [6, 6.07) is 0. The van der Waals surface area contributed by atoms with Crippen LogP contribution in [0.3, 0.4) is 0 Å². The summed E-state index contributed by atoms with van der Waals surface area (Å²) >= 11 is 0. The molecule has 0 bridgehead atoms. The summed E-state index contributed by atoms with van der Waals surface area (Å²) in [5, 5.41) is 25.4. The molecule has 4 nitrogen and oxygen atoms in total. The van der Waals surface area contributed by atoms with Crippen molar-refractivity contribution in [2.24, 2.45) is 0 Å². The van der Waals surface area contributed by atoms with Crippen molar-refractivity contribution < 1.29 is 20.1 Å². The summed E-state index contributed by atoms with van der Waals surface area (Å²) in [5.74, 6) is -0.664. The van der Waals surface area contributed by atoms with Crippen molar-refractivity contribution in [1.82, 2.24) is 0 Å². The Hall–Kier alpha value is -0.870. The maximum absolute atomic E-state index is 10.3. The molecular formula is C23H46O4. The van der Waals surface area contributed by atoms with Crippen LogP contribution < -0.4 is 0 Å². The molecule has 4 heteroatoms. The van der Waals surface area contributed by atoms with Gasteiger partial charge in [0, 0.05) is 13.0 Å². The predicted molar refractivity (Wildman–Crippen MR) is 115 cm³/mol. The van der Waals surface area contributed by atoms with Crippen LogP contribution in [-0.4, -0.2) is 34.0 Å². The highest BCUT2D eigenvalue weighted by Gasteiger charge is 1.96. The molecule has 0 fully saturated rings. The second-order valence-electron chi connectivity index (χ2n) is 7.30. The first-order valence-electron chi connectivity index (χ1n) is 11.2. The van der Waals surface area contributed by atoms with Gasteiger partial charge in [0.1, 0.15) is 0 Å². The number of hydrogen-bond acceptors (Lipinski definition) is 3. The van der Waals surface area contributed by atoms with Gasteiger partial charge < -0.3 is 15.3 Å². The van der Waals surface area contributed by atoms with Crippen molar-refractivity contribution in [3.05, 3.63) is 12.2 Å². The molecule has 1 unspecified atom stereocenters. The number of rotatable bonds is 18. The Morgan fingerprint density at radius 1 is 0.815 bits per heavy atom. The fraction of sp³-hybridized carbons (Fsp3) is 0.870. The minimum absolute atomic E-state index is 0.0923. The monoisotopic (exact) mass is 386 g/mol. The normalized spacial score (nSPS) is 12.0. The standard InChI is InChI=1S/C18H34O2.C5H12O2/c1-2-3-4-5-6-7-8-9-10-11-12-13-14-15-16-17-18(19)20;1-2-5(7)3-4-6/h9-10H,2-8,11-17H2,1H3,(H,19,20);5-7H,2-4H2,1H3/b10-9-;. The third-order valence-corrected chi connectivity index (χ3v) is 4.59. The molecule has 0 aromatic carbocycles. The minimum Gasteiger partial charge on any atom is -0.481 e. The third-order valence-electron chi connectivity index (χ3n) is 4.59. The first kappa shape index (κ1) is 28.3. The molecule has 0 rings (SSSR count). The van der Waals surface area contributed by atoms with Gasteiger partial charge >= 0.3 is 5.97 Å². The zero-order valence-corrected chi connectivity index (χ0v) is 18.0. The first-order chi connectivity index (χ1) is 13.1. The molecule has 0 amide bonds. The molecule has 0 heterocycles. The summed E-state index contributed by atoms with van der Waals surface area (Å²) in [7, 11) is 0. The van der Waals surface area contributed by atoms with Gasteiger partial charge in [-0.05, 0) is 44.9 Å². The van der Waals surface area contributed by atoms with E-state index in [1.54, 1.807) is 0 Å². The van der Waals surface area contributed by atoms with E-state index in [0.29, 0.717) is 12.8 Å². The summed E-state index contributed by atoms with van der Waals surface area (Å²) in [5.41, 5.74) is 0. The van der Waals surface area contributed by atoms with E-state index >= 15 is 0 Å². The number of carboxylic acid groups (broad SMARTS) is 1. The smallest absolute Gasteiger partial charge is 0.303 e. The molecular weight excluding hydrogens is 340 g/mol. The molecule has 162 valence electrons. The maximum atomic E-state index is 10.3. The zero-order chi connectivity index (χ0) is 20.6. The van der Waals surface area contributed by atoms with Crippen molar-refractivity contribution in [2.75, 3.05) is 6.61 Å². The van der Waals surface area contributed by atoms with Crippen LogP contribution in [-0.2, 0) is 4.79 Å². The van der Waals surface area contributed by atoms with E-state index in [4.69, 9.17) is 15.3 Å². The topological polar surface area (TPSA) is 77.8 Å². The van der Waals surface area contributed by atoms with Crippen LogP contribution in [0, 0.1) is 0 Å². The first-order valence-corrected chi connectivity index (χ1v) is 11.2. The second kappa shape index (κ2) is 25.1. The Morgan fingerprint density at radius 2 is 1.30 bits per heavy atom. The molecule has 0 spiro atoms. The van der Waals surface area contributed by atoms with E-state index in [1.807, 2.05) is 6.92 Å². The molecule has 1 atom stereocenters. The molecule has 0 aromatic heterocycles. The lowest BCUT2D eigenvalue weighted by Crippen LogP contribution is -2.05. The van der Waals surface area contributed by atoms with E-state index in [9.17, 15) is 4.79 Å². The summed E-state index contributed by atoms with van der Waals surface area (Å²) < 4.78 is 0. The van der Waals surface area contributed by atoms with Crippen LogP contribution in [0.5, 0.6) is 0 Å². The van der Waals surface area contributed by atoms with Crippen molar-refractivity contribution >= 4 is 5.97 Å². The molecule has 3 N–H and O–H groups in total. The lowest BCUT2D eigenvalue weighted by molar-refractivity contribution is -0.137. The van der Waals surface area contributed by atoms with Gasteiger partial charge in [0.25, 0.3) is 0 Å². The summed E-state index contributed by atoms with van der Waals surface area (Å²) in [4.78, 5) is 10.3. The fourth-order valence-corrected chi connectivity index (χ4v) is 2.70. The highest BCUT2D eigenvalue weighted by molar-refractivity contribution is 5.66. The quantitative estimate of drug-likeness (QED) is 0.192. The number of aliphatic hydroxyl groups excluding tert-OH is 2. The van der Waals surface area contributed by atoms with E-state index in [0.717, 1.165) is 19.3 Å². The van der Waals surface area contributed by atoms with E-state index in [1.165, 1.54) is 70.6 Å². The maximum Gasteiger partial charge on any atom is 0.303 e. The highest BCUT2D eigenvalue weighted by Crippen LogP contribution is 2.09. The fourth-order valence-electron chi connectivity index (χ4n) is 2.70. The Bertz CT molecular complexity index is 316. The molecule has 0 aliphatic carbocycles. The Balaban J connectivity index is 0. The third kappa shape index (κ3) is 30.1. The number of unbranched alkanes of at least 4 members (excludes halogenated alkanes) is 11. The van der Waals surface area contributed by atoms with Crippen LogP contribution in [0.25, 0.3) is 0 Å². The second-order valence-corrected chi connectivity index (χ2v) is 7.30. The van der Waals surface area contributed by atoms with Crippen molar-refractivity contribution in [1.29, 1.82) is 0 Å². The van der Waals surface area contributed by atoms with Gasteiger partial charge in [0.05, 0.1) is 6.10 Å². The van der Waals surface area contributed by atoms with Crippen LogP contribution in [0.2, 0.25) is 0 Å². The predicted octanol–water partition coefficient (Wildman–Crippen LogP) is 6.25. The molecule has 0 saturated heterocycles. The van der Waals surface area contributed by atoms with Crippen molar-refractivity contribution in [3.8, 4) is 0 Å². The molecule has 0 aliphatic rings. The van der Waals surface area contributed by atoms with Crippen LogP contribution in [0.1, 0.15) is 117 Å². The van der Waals surface area contributed by atoms with Gasteiger partial charge in [-0.25, -0.2) is 0 Å². The van der Waals surface area contributed by atoms with Gasteiger partial charge in [-0.15, -0.1) is 0 Å². The van der Waals surface area contributed by atoms with Crippen molar-refractivity contribution in [3.63, 3.8) is 0 Å². The number of aliphatic hydroxyl groups is 2. The van der Waals surface area contributed by atoms with E-state index < -0.39 is 5.97 Å². The van der Waals surface area contributed by atoms with Gasteiger partial charge in [-0.1, -0.05) is 77.4 Å². The van der Waals surface area contributed by atoms with E-state index in [-0.39, 0.29) is 12.7 Å². The van der Waals surface area contributed by atoms with Gasteiger partial charge in [-0.3, -0.25) is 4.79 Å². The average molecular weight is 387 g/mol. The zero-order valence-electron chi connectivity index (χ0n) is 18.0. The molecule has 27 heavy (non-hydrogen) atoms. The van der Waals surface area contributed by atoms with Gasteiger partial charge in [-0.2, -0.15) is 0 Å². The molecule has 0 aromatic rings. The average Bonchev–Trinajstić information content (AvgIpc) is 2.65. The lowest BCUT2D eigenvalue weighted by Gasteiger charge is -2.01. The summed E-state index contributed by atoms with van der Waals surface area (Å²) in [6.45, 7) is 4.24. The number of carbonyl (C=O) groups is 1. The number of aliphatic carboxylic acids is 1. The number of allylic oxidation sites excluding steroid dienone is 2. The van der Waals surface area contributed by atoms with Gasteiger partial charge in [0.2, 0.25) is 0 Å². The van der Waals surface area contributed by atoms with Gasteiger partial charge in [0.15, 0.2) is 0 Å². The largest absolute Gasteiger partial charge is 0.481 e.